The van der Waals surface area contributed by atoms with Crippen LogP contribution in [-0.4, -0.2) is 33.4 Å². The predicted molar refractivity (Wildman–Crippen MR) is 91.3 cm³/mol. The minimum absolute atomic E-state index is 0.0895. The molecular weight excluding hydrogens is 326 g/mol. The van der Waals surface area contributed by atoms with Gasteiger partial charge in [-0.2, -0.15) is 0 Å². The molecule has 3 rings (SSSR count). The van der Waals surface area contributed by atoms with Crippen LogP contribution in [0.3, 0.4) is 0 Å². The minimum Gasteiger partial charge on any atom is -0.467 e. The third-order valence-electron chi connectivity index (χ3n) is 3.52. The van der Waals surface area contributed by atoms with E-state index in [1.54, 1.807) is 42.2 Å². The van der Waals surface area contributed by atoms with Crippen LogP contribution in [0.5, 0.6) is 0 Å². The lowest BCUT2D eigenvalue weighted by molar-refractivity contribution is 0.0901. The summed E-state index contributed by atoms with van der Waals surface area (Å²) in [4.78, 5) is 16.4. The number of rotatable bonds is 6. The number of hydrogen-bond donors (Lipinski definition) is 2. The van der Waals surface area contributed by atoms with Crippen molar-refractivity contribution in [3.05, 3.63) is 66.4 Å². The van der Waals surface area contributed by atoms with Crippen LogP contribution < -0.4 is 5.32 Å². The number of imidazole rings is 1. The first-order valence-electron chi connectivity index (χ1n) is 7.36. The van der Waals surface area contributed by atoms with Crippen LogP contribution in [0.2, 0.25) is 0 Å². The molecule has 0 fully saturated rings. The zero-order chi connectivity index (χ0) is 16.9. The number of hydrogen-bond acceptors (Lipinski definition) is 5. The Morgan fingerprint density at radius 3 is 2.83 bits per heavy atom. The summed E-state index contributed by atoms with van der Waals surface area (Å²) in [5.41, 5.74) is 1.46. The average Bonchev–Trinajstić information content (AvgIpc) is 3.30. The van der Waals surface area contributed by atoms with Crippen molar-refractivity contribution >= 4 is 17.7 Å². The summed E-state index contributed by atoms with van der Waals surface area (Å²) >= 11 is 1.55. The maximum atomic E-state index is 12.2. The Bertz CT molecular complexity index is 797. The van der Waals surface area contributed by atoms with Gasteiger partial charge in [-0.15, -0.1) is 0 Å². The van der Waals surface area contributed by atoms with Gasteiger partial charge in [0.15, 0.2) is 5.16 Å². The zero-order valence-electron chi connectivity index (χ0n) is 13.0. The van der Waals surface area contributed by atoms with Crippen molar-refractivity contribution in [3.63, 3.8) is 0 Å². The Hall–Kier alpha value is -2.51. The number of furan rings is 1. The number of carbonyl (C=O) groups excluding carboxylic acids is 1. The van der Waals surface area contributed by atoms with Crippen molar-refractivity contribution < 1.29 is 14.3 Å². The molecule has 6 nitrogen and oxygen atoms in total. The Labute approximate surface area is 143 Å². The quantitative estimate of drug-likeness (QED) is 0.673. The van der Waals surface area contributed by atoms with Gasteiger partial charge in [-0.3, -0.25) is 9.36 Å². The first kappa shape index (κ1) is 16.4. The van der Waals surface area contributed by atoms with Crippen molar-refractivity contribution in [2.24, 2.45) is 0 Å². The summed E-state index contributed by atoms with van der Waals surface area (Å²) in [5.74, 6) is 0.179. The predicted octanol–water partition coefficient (Wildman–Crippen LogP) is 2.65. The van der Waals surface area contributed by atoms with Gasteiger partial charge in [-0.25, -0.2) is 4.98 Å². The SMILES string of the molecule is CSc1nccn1-c1ccc(C(=O)NCC(O)c2ccco2)cc1. The lowest BCUT2D eigenvalue weighted by atomic mass is 10.2. The fourth-order valence-corrected chi connectivity index (χ4v) is 2.81. The van der Waals surface area contributed by atoms with Crippen molar-refractivity contribution in [1.82, 2.24) is 14.9 Å². The van der Waals surface area contributed by atoms with Crippen molar-refractivity contribution in [1.29, 1.82) is 0 Å². The number of nitrogens with one attached hydrogen (secondary N) is 1. The fraction of sp³-hybridized carbons (Fsp3) is 0.176. The maximum Gasteiger partial charge on any atom is 0.251 e. The molecule has 0 aliphatic carbocycles. The van der Waals surface area contributed by atoms with E-state index in [9.17, 15) is 9.90 Å². The molecule has 1 amide bonds. The molecule has 2 heterocycles. The lowest BCUT2D eigenvalue weighted by Gasteiger charge is -2.10. The van der Waals surface area contributed by atoms with E-state index in [0.717, 1.165) is 10.8 Å². The summed E-state index contributed by atoms with van der Waals surface area (Å²) in [6.45, 7) is 0.0895. The number of aliphatic hydroxyl groups excluding tert-OH is 1. The second-order valence-corrected chi connectivity index (χ2v) is 5.85. The molecule has 1 unspecified atom stereocenters. The van der Waals surface area contributed by atoms with Crippen LogP contribution in [0.25, 0.3) is 5.69 Å². The standard InChI is InChI=1S/C17H17N3O3S/c1-24-17-18-8-9-20(17)13-6-4-12(5-7-13)16(22)19-11-14(21)15-3-2-10-23-15/h2-10,14,21H,11H2,1H3,(H,19,22). The van der Waals surface area contributed by atoms with Crippen LogP contribution >= 0.6 is 11.8 Å². The van der Waals surface area contributed by atoms with Gasteiger partial charge in [-0.05, 0) is 42.7 Å². The first-order valence-corrected chi connectivity index (χ1v) is 8.59. The van der Waals surface area contributed by atoms with Gasteiger partial charge in [-0.1, -0.05) is 11.8 Å². The number of aromatic nitrogens is 2. The summed E-state index contributed by atoms with van der Waals surface area (Å²) in [7, 11) is 0. The molecule has 0 aliphatic rings. The molecule has 3 aromatic rings. The third-order valence-corrected chi connectivity index (χ3v) is 4.19. The van der Waals surface area contributed by atoms with Gasteiger partial charge in [0.05, 0.1) is 12.8 Å². The third kappa shape index (κ3) is 3.52. The van der Waals surface area contributed by atoms with Crippen molar-refractivity contribution in [2.45, 2.75) is 11.3 Å². The molecule has 0 spiro atoms. The van der Waals surface area contributed by atoms with Gasteiger partial charge >= 0.3 is 0 Å². The van der Waals surface area contributed by atoms with Gasteiger partial charge in [0.2, 0.25) is 0 Å². The largest absolute Gasteiger partial charge is 0.467 e. The molecule has 24 heavy (non-hydrogen) atoms. The van der Waals surface area contributed by atoms with E-state index in [1.165, 1.54) is 6.26 Å². The molecule has 124 valence electrons. The second-order valence-electron chi connectivity index (χ2n) is 5.07. The van der Waals surface area contributed by atoms with Crippen LogP contribution in [0.1, 0.15) is 22.2 Å². The molecule has 2 N–H and O–H groups in total. The molecule has 7 heteroatoms. The normalized spacial score (nSPS) is 12.1. The second kappa shape index (κ2) is 7.37. The van der Waals surface area contributed by atoms with E-state index in [-0.39, 0.29) is 12.5 Å². The van der Waals surface area contributed by atoms with Gasteiger partial charge in [0.1, 0.15) is 11.9 Å². The number of thioether (sulfide) groups is 1. The van der Waals surface area contributed by atoms with E-state index in [2.05, 4.69) is 10.3 Å². The topological polar surface area (TPSA) is 80.3 Å². The summed E-state index contributed by atoms with van der Waals surface area (Å²) in [5, 5.41) is 13.5. The van der Waals surface area contributed by atoms with Crippen molar-refractivity contribution in [3.8, 4) is 5.69 Å². The van der Waals surface area contributed by atoms with Crippen LogP contribution in [0.15, 0.2) is 64.6 Å². The summed E-state index contributed by atoms with van der Waals surface area (Å²) in [6.07, 6.45) is 6.20. The number of benzene rings is 1. The molecular formula is C17H17N3O3S. The molecule has 0 bridgehead atoms. The molecule has 0 saturated carbocycles. The minimum atomic E-state index is -0.863. The zero-order valence-corrected chi connectivity index (χ0v) is 13.9. The van der Waals surface area contributed by atoms with E-state index in [0.29, 0.717) is 11.3 Å². The number of carbonyl (C=O) groups is 1. The molecule has 1 aromatic carbocycles. The fourth-order valence-electron chi connectivity index (χ4n) is 2.28. The first-order chi connectivity index (χ1) is 11.7. The molecule has 0 radical (unpaired) electrons. The molecule has 1 atom stereocenters. The Morgan fingerprint density at radius 2 is 2.17 bits per heavy atom. The van der Waals surface area contributed by atoms with E-state index < -0.39 is 6.10 Å². The van der Waals surface area contributed by atoms with E-state index >= 15 is 0 Å². The average molecular weight is 343 g/mol. The Morgan fingerprint density at radius 1 is 1.38 bits per heavy atom. The molecule has 0 aliphatic heterocycles. The Balaban J connectivity index is 1.64. The molecule has 2 aromatic heterocycles. The monoisotopic (exact) mass is 343 g/mol. The van der Waals surface area contributed by atoms with Crippen LogP contribution in [-0.2, 0) is 0 Å². The van der Waals surface area contributed by atoms with E-state index in [4.69, 9.17) is 4.42 Å². The highest BCUT2D eigenvalue weighted by Crippen LogP contribution is 2.18. The maximum absolute atomic E-state index is 12.2. The van der Waals surface area contributed by atoms with Gasteiger partial charge in [0, 0.05) is 23.6 Å². The number of nitrogens with zero attached hydrogens (tertiary/aromatic N) is 2. The highest BCUT2D eigenvalue weighted by atomic mass is 32.2. The van der Waals surface area contributed by atoms with Crippen LogP contribution in [0.4, 0.5) is 0 Å². The summed E-state index contributed by atoms with van der Waals surface area (Å²) in [6, 6.07) is 10.6. The number of aliphatic hydroxyl groups is 1. The highest BCUT2D eigenvalue weighted by Gasteiger charge is 2.13. The van der Waals surface area contributed by atoms with Gasteiger partial charge < -0.3 is 14.8 Å². The van der Waals surface area contributed by atoms with Crippen LogP contribution in [0, 0.1) is 0 Å². The van der Waals surface area contributed by atoms with Crippen molar-refractivity contribution in [2.75, 3.05) is 12.8 Å². The smallest absolute Gasteiger partial charge is 0.251 e. The lowest BCUT2D eigenvalue weighted by Crippen LogP contribution is -2.28. The van der Waals surface area contributed by atoms with Gasteiger partial charge in [0.25, 0.3) is 5.91 Å². The highest BCUT2D eigenvalue weighted by molar-refractivity contribution is 7.98. The molecule has 0 saturated heterocycles. The number of amides is 1. The summed E-state index contributed by atoms with van der Waals surface area (Å²) < 4.78 is 7.05. The Kier molecular flexibility index (Phi) is 5.02. The van der Waals surface area contributed by atoms with E-state index in [1.807, 2.05) is 29.2 Å².